The molecule has 1 aliphatic carbocycles. The molecule has 0 bridgehead atoms. The largest absolute Gasteiger partial charge is 0.447 e. The number of thiazole rings is 1. The fraction of sp³-hybridized carbons (Fsp3) is 0.370. The second-order valence-electron chi connectivity index (χ2n) is 9.17. The maximum absolute atomic E-state index is 12.2. The van der Waals surface area contributed by atoms with Gasteiger partial charge >= 0.3 is 12.1 Å². The molecule has 11 heteroatoms. The predicted molar refractivity (Wildman–Crippen MR) is 148 cm³/mol. The molecule has 0 atom stereocenters. The number of benzene rings is 2. The second kappa shape index (κ2) is 14.1. The van der Waals surface area contributed by atoms with Crippen molar-refractivity contribution < 1.29 is 19.2 Å². The number of anilines is 1. The number of rotatable bonds is 7. The molecule has 4 N–H and O–H groups in total. The number of carbonyl (C=O) groups excluding carboxylic acids is 2. The number of nitrogens with two attached hydrogens (primary N) is 1. The Morgan fingerprint density at radius 2 is 1.87 bits per heavy atom. The number of carbonyl (C=O) groups is 2. The highest BCUT2D eigenvalue weighted by Gasteiger charge is 2.22. The van der Waals surface area contributed by atoms with Gasteiger partial charge in [0, 0.05) is 30.4 Å². The van der Waals surface area contributed by atoms with Gasteiger partial charge in [-0.1, -0.05) is 49.6 Å². The number of nitro groups is 1. The van der Waals surface area contributed by atoms with Crippen LogP contribution in [0.15, 0.2) is 54.7 Å². The molecule has 1 aromatic heterocycles. The van der Waals surface area contributed by atoms with Gasteiger partial charge in [-0.05, 0) is 44.4 Å². The molecule has 202 valence electrons. The third kappa shape index (κ3) is 8.84. The van der Waals surface area contributed by atoms with Crippen LogP contribution in [0.1, 0.15) is 62.4 Å². The Labute approximate surface area is 225 Å². The molecule has 3 aromatic rings. The van der Waals surface area contributed by atoms with Crippen molar-refractivity contribution in [2.75, 3.05) is 5.32 Å². The Morgan fingerprint density at radius 3 is 2.47 bits per heavy atom. The third-order valence-electron chi connectivity index (χ3n) is 5.84. The number of nitrogens with one attached hydrogen (secondary N) is 2. The number of nitrogens with zero attached hydrogens (tertiary/aromatic N) is 2. The zero-order valence-electron chi connectivity index (χ0n) is 21.5. The fourth-order valence-corrected chi connectivity index (χ4v) is 5.23. The molecule has 0 saturated heterocycles. The average molecular weight is 540 g/mol. The van der Waals surface area contributed by atoms with E-state index < -0.39 is 17.0 Å². The molecule has 0 radical (unpaired) electrons. The van der Waals surface area contributed by atoms with Crippen molar-refractivity contribution >= 4 is 34.8 Å². The number of primary amides is 1. The number of nitro benzene ring substituents is 1. The van der Waals surface area contributed by atoms with Crippen LogP contribution in [0.4, 0.5) is 21.0 Å². The van der Waals surface area contributed by atoms with Crippen LogP contribution in [0.2, 0.25) is 0 Å². The van der Waals surface area contributed by atoms with Gasteiger partial charge in [0.15, 0.2) is 0 Å². The van der Waals surface area contributed by atoms with Crippen molar-refractivity contribution in [3.05, 3.63) is 75.4 Å². The Kier molecular flexibility index (Phi) is 10.6. The molecular weight excluding hydrogens is 506 g/mol. The zero-order chi connectivity index (χ0) is 27.5. The van der Waals surface area contributed by atoms with E-state index in [0.29, 0.717) is 23.7 Å². The number of aromatic nitrogens is 1. The van der Waals surface area contributed by atoms with E-state index in [-0.39, 0.29) is 11.8 Å². The summed E-state index contributed by atoms with van der Waals surface area (Å²) in [5, 5.41) is 18.2. The van der Waals surface area contributed by atoms with Crippen molar-refractivity contribution in [3.63, 3.8) is 0 Å². The van der Waals surface area contributed by atoms with E-state index in [1.807, 2.05) is 30.3 Å². The molecule has 1 fully saturated rings. The fourth-order valence-electron chi connectivity index (χ4n) is 4.11. The molecular formula is C27H33N5O5S. The number of ether oxygens (including phenoxy) is 1. The smallest absolute Gasteiger partial charge is 0.404 e. The molecule has 38 heavy (non-hydrogen) atoms. The lowest BCUT2D eigenvalue weighted by atomic mass is 9.90. The molecule has 0 spiro atoms. The van der Waals surface area contributed by atoms with Crippen LogP contribution < -0.4 is 16.4 Å². The Morgan fingerprint density at radius 1 is 1.16 bits per heavy atom. The summed E-state index contributed by atoms with van der Waals surface area (Å²) in [7, 11) is 0. The summed E-state index contributed by atoms with van der Waals surface area (Å²) in [6.45, 7) is 3.85. The van der Waals surface area contributed by atoms with Gasteiger partial charge in [0.1, 0.15) is 0 Å². The van der Waals surface area contributed by atoms with E-state index in [4.69, 9.17) is 0 Å². The lowest BCUT2D eigenvalue weighted by Gasteiger charge is -2.18. The highest BCUT2D eigenvalue weighted by Crippen LogP contribution is 2.40. The topological polar surface area (TPSA) is 149 Å². The first-order valence-electron chi connectivity index (χ1n) is 12.5. The summed E-state index contributed by atoms with van der Waals surface area (Å²) < 4.78 is 4.39. The minimum atomic E-state index is -0.713. The molecule has 0 unspecified atom stereocenters. The van der Waals surface area contributed by atoms with Crippen LogP contribution in [0, 0.1) is 10.1 Å². The summed E-state index contributed by atoms with van der Waals surface area (Å²) in [5.74, 6) is 0.459. The number of amides is 3. The first kappa shape index (κ1) is 28.6. The van der Waals surface area contributed by atoms with Gasteiger partial charge in [0.25, 0.3) is 5.69 Å². The van der Waals surface area contributed by atoms with Crippen molar-refractivity contribution in [3.8, 4) is 10.4 Å². The molecule has 1 aliphatic rings. The maximum Gasteiger partial charge on any atom is 0.404 e. The van der Waals surface area contributed by atoms with Gasteiger partial charge in [0.05, 0.1) is 26.5 Å². The SMILES string of the molecule is CC(C)OC(N)=O.O=C(NCc1ccccc1)Nc1ccc(-c2cnc(C3CCCCC3)s2)c([N+](=O)[O-])c1. The van der Waals surface area contributed by atoms with Crippen LogP contribution in [0.25, 0.3) is 10.4 Å². The van der Waals surface area contributed by atoms with E-state index in [0.717, 1.165) is 28.3 Å². The van der Waals surface area contributed by atoms with Crippen molar-refractivity contribution in [1.29, 1.82) is 0 Å². The van der Waals surface area contributed by atoms with Crippen LogP contribution >= 0.6 is 11.3 Å². The number of hydrogen-bond acceptors (Lipinski definition) is 7. The van der Waals surface area contributed by atoms with E-state index >= 15 is 0 Å². The van der Waals surface area contributed by atoms with E-state index in [1.165, 1.54) is 36.7 Å². The molecule has 3 amide bonds. The first-order valence-corrected chi connectivity index (χ1v) is 13.3. The summed E-state index contributed by atoms with van der Waals surface area (Å²) in [5.41, 5.74) is 6.46. The molecule has 1 saturated carbocycles. The molecule has 0 aliphatic heterocycles. The summed E-state index contributed by atoms with van der Waals surface area (Å²) in [4.78, 5) is 38.7. The van der Waals surface area contributed by atoms with E-state index in [9.17, 15) is 19.7 Å². The third-order valence-corrected chi connectivity index (χ3v) is 7.04. The van der Waals surface area contributed by atoms with Crippen LogP contribution in [0.3, 0.4) is 0 Å². The Balaban J connectivity index is 0.000000505. The van der Waals surface area contributed by atoms with Gasteiger partial charge in [0.2, 0.25) is 0 Å². The predicted octanol–water partition coefficient (Wildman–Crippen LogP) is 6.58. The standard InChI is InChI=1S/C23H24N4O3S.C4H9NO2/c28-23(25-14-16-7-3-1-4-8-16)26-18-11-12-19(20(13-18)27(29)30)21-15-24-22(31-21)17-9-5-2-6-10-17;1-3(2)7-4(5)6/h1,3-4,7-8,11-13,15,17H,2,5-6,9-10,14H2,(H2,25,26,28);3H,1-2H3,(H2,5,6). The van der Waals surface area contributed by atoms with Gasteiger partial charge in [-0.2, -0.15) is 0 Å². The van der Waals surface area contributed by atoms with Gasteiger partial charge < -0.3 is 21.1 Å². The number of hydrogen-bond donors (Lipinski definition) is 3. The van der Waals surface area contributed by atoms with E-state index in [1.54, 1.807) is 32.2 Å². The molecule has 2 aromatic carbocycles. The summed E-state index contributed by atoms with van der Waals surface area (Å²) in [6, 6.07) is 13.9. The monoisotopic (exact) mass is 539 g/mol. The minimum absolute atomic E-state index is 0.0419. The van der Waals surface area contributed by atoms with Crippen molar-refractivity contribution in [2.24, 2.45) is 5.73 Å². The summed E-state index contributed by atoms with van der Waals surface area (Å²) >= 11 is 1.53. The minimum Gasteiger partial charge on any atom is -0.447 e. The quantitative estimate of drug-likeness (QED) is 0.228. The maximum atomic E-state index is 12.2. The molecule has 1 heterocycles. The number of urea groups is 1. The van der Waals surface area contributed by atoms with Crippen LogP contribution in [0.5, 0.6) is 0 Å². The second-order valence-corrected chi connectivity index (χ2v) is 10.2. The first-order chi connectivity index (χ1) is 18.2. The average Bonchev–Trinajstić information content (AvgIpc) is 3.38. The lowest BCUT2D eigenvalue weighted by molar-refractivity contribution is -0.384. The Hall–Kier alpha value is -3.99. The molecule has 4 rings (SSSR count). The van der Waals surface area contributed by atoms with Gasteiger partial charge in [-0.3, -0.25) is 10.1 Å². The lowest BCUT2D eigenvalue weighted by Crippen LogP contribution is -2.28. The van der Waals surface area contributed by atoms with Crippen LogP contribution in [-0.4, -0.2) is 28.1 Å². The highest BCUT2D eigenvalue weighted by atomic mass is 32.1. The summed E-state index contributed by atoms with van der Waals surface area (Å²) in [6.07, 6.45) is 6.89. The van der Waals surface area contributed by atoms with Crippen molar-refractivity contribution in [2.45, 2.75) is 64.5 Å². The Bertz CT molecular complexity index is 1230. The molecule has 10 nitrogen and oxygen atoms in total. The van der Waals surface area contributed by atoms with Crippen LogP contribution in [-0.2, 0) is 11.3 Å². The normalized spacial score (nSPS) is 13.2. The highest BCUT2D eigenvalue weighted by molar-refractivity contribution is 7.15. The van der Waals surface area contributed by atoms with Crippen molar-refractivity contribution in [1.82, 2.24) is 10.3 Å². The van der Waals surface area contributed by atoms with Gasteiger partial charge in [-0.15, -0.1) is 11.3 Å². The zero-order valence-corrected chi connectivity index (χ0v) is 22.3. The van der Waals surface area contributed by atoms with E-state index in [2.05, 4.69) is 26.1 Å². The van der Waals surface area contributed by atoms with Gasteiger partial charge in [-0.25, -0.2) is 14.6 Å².